The lowest BCUT2D eigenvalue weighted by atomic mass is 9.73. The maximum Gasteiger partial charge on any atom is 0.413 e. The highest BCUT2D eigenvalue weighted by Crippen LogP contribution is 2.49. The largest absolute Gasteiger partial charge is 0.493 e. The Kier molecular flexibility index (Phi) is 12.4. The van der Waals surface area contributed by atoms with Crippen molar-refractivity contribution in [3.8, 4) is 56.9 Å². The zero-order valence-corrected chi connectivity index (χ0v) is 39.2. The van der Waals surface area contributed by atoms with Gasteiger partial charge >= 0.3 is 6.09 Å². The number of H-pyrrole nitrogens is 1. The number of hydrazone groups is 1. The third-order valence-electron chi connectivity index (χ3n) is 14.3. The lowest BCUT2D eigenvalue weighted by Crippen LogP contribution is -2.56. The molecule has 3 amide bonds. The summed E-state index contributed by atoms with van der Waals surface area (Å²) in [6.07, 6.45) is 9.37. The van der Waals surface area contributed by atoms with Crippen LogP contribution in [0.2, 0.25) is 0 Å². The van der Waals surface area contributed by atoms with Crippen LogP contribution in [0.4, 0.5) is 4.79 Å². The Morgan fingerprint density at radius 1 is 0.800 bits per heavy atom. The lowest BCUT2D eigenvalue weighted by Gasteiger charge is -2.43. The molecule has 5 aliphatic rings. The highest BCUT2D eigenvalue weighted by atomic mass is 16.7. The minimum atomic E-state index is -0.980. The zero-order chi connectivity index (χ0) is 47.7. The molecule has 2 aromatic heterocycles. The fourth-order valence-electron chi connectivity index (χ4n) is 10.4. The third-order valence-corrected chi connectivity index (χ3v) is 14.3. The van der Waals surface area contributed by atoms with E-state index in [0.717, 1.165) is 66.5 Å². The molecule has 16 nitrogen and oxygen atoms in total. The molecule has 3 atom stereocenters. The monoisotopic (exact) mass is 945 g/mol. The van der Waals surface area contributed by atoms with Crippen LogP contribution in [0, 0.1) is 17.8 Å². The van der Waals surface area contributed by atoms with E-state index in [-0.39, 0.29) is 48.7 Å². The molecular formula is C54H55N7O9. The van der Waals surface area contributed by atoms with Gasteiger partial charge < -0.3 is 43.6 Å². The van der Waals surface area contributed by atoms with E-state index in [1.165, 1.54) is 6.33 Å². The van der Waals surface area contributed by atoms with Gasteiger partial charge in [-0.1, -0.05) is 67.4 Å². The molecule has 2 N–H and O–H groups in total. The van der Waals surface area contributed by atoms with Gasteiger partial charge in [0.2, 0.25) is 18.6 Å². The number of nitrogens with zero attached hydrogens (tertiary/aromatic N) is 5. The van der Waals surface area contributed by atoms with Crippen LogP contribution in [-0.4, -0.2) is 101 Å². The van der Waals surface area contributed by atoms with E-state index in [9.17, 15) is 14.4 Å². The van der Waals surface area contributed by atoms with E-state index in [1.54, 1.807) is 30.3 Å². The number of rotatable bonds is 14. The van der Waals surface area contributed by atoms with Crippen molar-refractivity contribution >= 4 is 34.7 Å². The van der Waals surface area contributed by atoms with Gasteiger partial charge in [0.1, 0.15) is 29.3 Å². The third kappa shape index (κ3) is 8.93. The lowest BCUT2D eigenvalue weighted by molar-refractivity contribution is -0.143. The highest BCUT2D eigenvalue weighted by molar-refractivity contribution is 6.07. The van der Waals surface area contributed by atoms with Crippen molar-refractivity contribution in [3.05, 3.63) is 109 Å². The number of piperidine rings is 1. The number of aromatic nitrogens is 3. The van der Waals surface area contributed by atoms with Crippen molar-refractivity contribution in [2.75, 3.05) is 40.7 Å². The van der Waals surface area contributed by atoms with E-state index in [4.69, 9.17) is 33.5 Å². The summed E-state index contributed by atoms with van der Waals surface area (Å²) >= 11 is 0. The molecule has 0 spiro atoms. The van der Waals surface area contributed by atoms with Crippen LogP contribution in [0.3, 0.4) is 0 Å². The van der Waals surface area contributed by atoms with Gasteiger partial charge in [-0.25, -0.2) is 19.8 Å². The molecule has 0 bridgehead atoms. The van der Waals surface area contributed by atoms with Gasteiger partial charge in [-0.2, -0.15) is 5.10 Å². The molecule has 0 radical (unpaired) electrons. The van der Waals surface area contributed by atoms with Crippen molar-refractivity contribution in [2.45, 2.75) is 69.9 Å². The van der Waals surface area contributed by atoms with Crippen LogP contribution < -0.4 is 33.7 Å². The summed E-state index contributed by atoms with van der Waals surface area (Å²) in [6.45, 7) is 1.38. The maximum atomic E-state index is 14.7. The summed E-state index contributed by atoms with van der Waals surface area (Å²) in [7, 11) is 3.22. The van der Waals surface area contributed by atoms with Crippen LogP contribution in [0.5, 0.6) is 34.5 Å². The van der Waals surface area contributed by atoms with Crippen LogP contribution in [-0.2, 0) is 16.0 Å². The Balaban J connectivity index is 0.831. The van der Waals surface area contributed by atoms with Gasteiger partial charge in [-0.15, -0.1) is 0 Å². The molecule has 4 aromatic carbocycles. The molecule has 5 heterocycles. The van der Waals surface area contributed by atoms with Crippen molar-refractivity contribution in [2.24, 2.45) is 22.9 Å². The van der Waals surface area contributed by atoms with E-state index >= 15 is 0 Å². The number of ether oxygens (including phenoxy) is 6. The summed E-state index contributed by atoms with van der Waals surface area (Å²) < 4.78 is 35.0. The number of aromatic amines is 1. The fourth-order valence-corrected chi connectivity index (χ4v) is 10.4. The minimum absolute atomic E-state index is 0.0163. The van der Waals surface area contributed by atoms with Crippen LogP contribution in [0.1, 0.15) is 62.5 Å². The molecule has 16 heteroatoms. The Morgan fingerprint density at radius 3 is 2.31 bits per heavy atom. The zero-order valence-electron chi connectivity index (χ0n) is 39.2. The molecule has 6 aromatic rings. The molecule has 360 valence electrons. The molecule has 0 unspecified atom stereocenters. The van der Waals surface area contributed by atoms with Gasteiger partial charge in [0.25, 0.3) is 0 Å². The SMILES string of the molecule is COc1ccc(C2=NN(C3CCN(C(=O)[C@@H](Cc4ccc(-c5ccccc5)cc4)NC(=O)Oc4c[nH]c5c(-c6c(OCC7CC7)ccc7c6OCO7)ncnc45)CC3)C(=O)[C@@H]3CCCC[C@H]23)cc1OC. The first-order valence-electron chi connectivity index (χ1n) is 24.3. The van der Waals surface area contributed by atoms with Gasteiger partial charge in [0, 0.05) is 43.1 Å². The average Bonchev–Trinajstić information content (AvgIpc) is 3.96. The molecule has 1 saturated heterocycles. The number of hydrogen-bond donors (Lipinski definition) is 2. The molecule has 2 aliphatic carbocycles. The fraction of sp³-hybridized carbons (Fsp3) is 0.370. The number of hydrogen-bond acceptors (Lipinski definition) is 12. The maximum absolute atomic E-state index is 14.7. The second-order valence-electron chi connectivity index (χ2n) is 18.7. The summed E-state index contributed by atoms with van der Waals surface area (Å²) in [5, 5.41) is 9.73. The second kappa shape index (κ2) is 19.4. The number of benzene rings is 4. The summed E-state index contributed by atoms with van der Waals surface area (Å²) in [5.74, 6) is 3.23. The van der Waals surface area contributed by atoms with Gasteiger partial charge in [-0.3, -0.25) is 9.59 Å². The Morgan fingerprint density at radius 2 is 1.54 bits per heavy atom. The smallest absolute Gasteiger partial charge is 0.413 e. The molecular weight excluding hydrogens is 891 g/mol. The molecule has 3 fully saturated rings. The quantitative estimate of drug-likeness (QED) is 0.107. The van der Waals surface area contributed by atoms with Crippen LogP contribution in [0.25, 0.3) is 33.4 Å². The number of nitrogens with one attached hydrogen (secondary N) is 2. The van der Waals surface area contributed by atoms with E-state index in [1.807, 2.05) is 84.9 Å². The number of methoxy groups -OCH3 is 2. The Bertz CT molecular complexity index is 2950. The summed E-state index contributed by atoms with van der Waals surface area (Å²) in [6, 6.07) is 26.4. The summed E-state index contributed by atoms with van der Waals surface area (Å²) in [5.41, 5.74) is 6.73. The first-order chi connectivity index (χ1) is 34.3. The number of carbonyl (C=O) groups is 3. The first-order valence-corrected chi connectivity index (χ1v) is 24.3. The van der Waals surface area contributed by atoms with E-state index in [0.29, 0.717) is 89.5 Å². The van der Waals surface area contributed by atoms with Gasteiger partial charge in [-0.05, 0) is 91.5 Å². The standard InChI is InChI=1S/C54H55N7O9/c1-65-41-19-18-36(27-44(41)66-2)47-38-10-6-7-11-39(38)52(62)61(59-47)37-22-24-60(25-23-37)53(63)40(26-32-14-16-35(17-15-32)34-8-4-3-5-9-34)58-54(64)70-45-28-55-50-48(45)56-30-57-49(50)46-42(67-29-33-12-13-33)20-21-43-51(46)69-31-68-43/h3-5,8-9,14-21,27-28,30,33,37-40,55H,6-7,10-13,22-26,29,31H2,1-2H3,(H,58,64)/t38-,39+,40+/m0/s1. The normalized spacial score (nSPS) is 19.3. The number of fused-ring (bicyclic) bond motifs is 3. The second-order valence-corrected chi connectivity index (χ2v) is 18.7. The van der Waals surface area contributed by atoms with Crippen molar-refractivity contribution in [1.29, 1.82) is 0 Å². The van der Waals surface area contributed by atoms with Crippen molar-refractivity contribution < 1.29 is 42.8 Å². The number of amides is 3. The molecule has 2 saturated carbocycles. The number of carbonyl (C=O) groups excluding carboxylic acids is 3. The van der Waals surface area contributed by atoms with Crippen LogP contribution in [0.15, 0.2) is 103 Å². The Hall–Kier alpha value is -7.62. The average molecular weight is 946 g/mol. The highest BCUT2D eigenvalue weighted by Gasteiger charge is 2.44. The van der Waals surface area contributed by atoms with Gasteiger partial charge in [0.15, 0.2) is 28.7 Å². The molecule has 70 heavy (non-hydrogen) atoms. The van der Waals surface area contributed by atoms with E-state index in [2.05, 4.69) is 20.3 Å². The van der Waals surface area contributed by atoms with Crippen LogP contribution >= 0.6 is 0 Å². The van der Waals surface area contributed by atoms with E-state index < -0.39 is 12.1 Å². The predicted molar refractivity (Wildman–Crippen MR) is 260 cm³/mol. The molecule has 11 rings (SSSR count). The minimum Gasteiger partial charge on any atom is -0.493 e. The first kappa shape index (κ1) is 44.9. The molecule has 3 aliphatic heterocycles. The summed E-state index contributed by atoms with van der Waals surface area (Å²) in [4.78, 5) is 57.1. The predicted octanol–water partition coefficient (Wildman–Crippen LogP) is 8.57. The van der Waals surface area contributed by atoms with Crippen molar-refractivity contribution in [1.82, 2.24) is 30.2 Å². The topological polar surface area (TPSA) is 179 Å². The Labute approximate surface area is 405 Å². The van der Waals surface area contributed by atoms with Crippen molar-refractivity contribution in [3.63, 3.8) is 0 Å². The number of likely N-dealkylation sites (tertiary alicyclic amines) is 1. The van der Waals surface area contributed by atoms with Gasteiger partial charge in [0.05, 0.1) is 43.7 Å².